The van der Waals surface area contributed by atoms with Crippen molar-refractivity contribution < 1.29 is 14.3 Å². The van der Waals surface area contributed by atoms with E-state index in [0.717, 1.165) is 13.0 Å². The largest absolute Gasteiger partial charge is 0.493 e. The smallest absolute Gasteiger partial charge is 0.274 e. The maximum Gasteiger partial charge on any atom is 0.274 e. The molecule has 1 aromatic heterocycles. The van der Waals surface area contributed by atoms with Crippen LogP contribution < -0.4 is 20.1 Å². The van der Waals surface area contributed by atoms with Gasteiger partial charge in [-0.3, -0.25) is 4.79 Å². The fourth-order valence-electron chi connectivity index (χ4n) is 1.94. The summed E-state index contributed by atoms with van der Waals surface area (Å²) in [7, 11) is 3.10. The third kappa shape index (κ3) is 4.32. The zero-order valence-electron chi connectivity index (χ0n) is 13.4. The van der Waals surface area contributed by atoms with Crippen LogP contribution in [0.5, 0.6) is 11.5 Å². The minimum absolute atomic E-state index is 0.286. The number of nitrogens with zero attached hydrogens (tertiary/aromatic N) is 2. The van der Waals surface area contributed by atoms with Gasteiger partial charge in [0, 0.05) is 24.4 Å². The summed E-state index contributed by atoms with van der Waals surface area (Å²) in [6.07, 6.45) is 2.33. The number of hydrogen-bond donors (Lipinski definition) is 2. The summed E-state index contributed by atoms with van der Waals surface area (Å²) in [5.41, 5.74) is 0.878. The number of methoxy groups -OCH3 is 2. The lowest BCUT2D eigenvalue weighted by molar-refractivity contribution is 0.102. The monoisotopic (exact) mass is 316 g/mol. The van der Waals surface area contributed by atoms with Crippen molar-refractivity contribution in [2.45, 2.75) is 13.3 Å². The van der Waals surface area contributed by atoms with Crippen molar-refractivity contribution in [1.29, 1.82) is 0 Å². The van der Waals surface area contributed by atoms with E-state index >= 15 is 0 Å². The van der Waals surface area contributed by atoms with E-state index in [-0.39, 0.29) is 11.6 Å². The Hall–Kier alpha value is -2.83. The van der Waals surface area contributed by atoms with Gasteiger partial charge in [0.1, 0.15) is 17.8 Å². The maximum absolute atomic E-state index is 12.3. The van der Waals surface area contributed by atoms with Crippen LogP contribution in [-0.4, -0.2) is 36.6 Å². The second-order valence-electron chi connectivity index (χ2n) is 4.74. The van der Waals surface area contributed by atoms with Gasteiger partial charge in [0.05, 0.1) is 14.2 Å². The molecule has 7 nitrogen and oxygen atoms in total. The van der Waals surface area contributed by atoms with Gasteiger partial charge in [-0.25, -0.2) is 9.97 Å². The van der Waals surface area contributed by atoms with Crippen molar-refractivity contribution in [2.24, 2.45) is 0 Å². The number of nitrogens with one attached hydrogen (secondary N) is 2. The molecule has 0 saturated carbocycles. The van der Waals surface area contributed by atoms with Crippen molar-refractivity contribution in [3.05, 3.63) is 36.3 Å². The summed E-state index contributed by atoms with van der Waals surface area (Å²) in [5, 5.41) is 5.89. The molecule has 7 heteroatoms. The van der Waals surface area contributed by atoms with Gasteiger partial charge in [-0.1, -0.05) is 6.92 Å². The summed E-state index contributed by atoms with van der Waals surface area (Å²) in [6, 6.07) is 6.76. The van der Waals surface area contributed by atoms with Gasteiger partial charge in [-0.2, -0.15) is 0 Å². The van der Waals surface area contributed by atoms with Crippen LogP contribution in [0.25, 0.3) is 0 Å². The summed E-state index contributed by atoms with van der Waals surface area (Å²) < 4.78 is 10.4. The Kier molecular flexibility index (Phi) is 5.74. The van der Waals surface area contributed by atoms with E-state index < -0.39 is 0 Å². The summed E-state index contributed by atoms with van der Waals surface area (Å²) in [5.74, 6) is 1.44. The van der Waals surface area contributed by atoms with E-state index in [0.29, 0.717) is 23.0 Å². The highest BCUT2D eigenvalue weighted by atomic mass is 16.5. The number of amides is 1. The molecule has 23 heavy (non-hydrogen) atoms. The molecule has 1 amide bonds. The Morgan fingerprint density at radius 2 is 1.91 bits per heavy atom. The standard InChI is InChI=1S/C16H20N4O3/c1-4-7-17-15-9-12(18-10-19-15)16(21)20-11-5-6-13(22-2)14(8-11)23-3/h5-6,8-10H,4,7H2,1-3H3,(H,20,21)(H,17,18,19). The van der Waals surface area contributed by atoms with Gasteiger partial charge in [0.15, 0.2) is 11.5 Å². The van der Waals surface area contributed by atoms with Gasteiger partial charge in [-0.15, -0.1) is 0 Å². The first-order chi connectivity index (χ1) is 11.2. The molecule has 2 aromatic rings. The number of carbonyl (C=O) groups is 1. The minimum atomic E-state index is -0.320. The summed E-state index contributed by atoms with van der Waals surface area (Å²) in [4.78, 5) is 20.4. The van der Waals surface area contributed by atoms with Crippen LogP contribution in [0.3, 0.4) is 0 Å². The van der Waals surface area contributed by atoms with E-state index in [1.807, 2.05) is 0 Å². The molecule has 0 aliphatic heterocycles. The van der Waals surface area contributed by atoms with Crippen LogP contribution in [0.2, 0.25) is 0 Å². The van der Waals surface area contributed by atoms with Crippen LogP contribution in [-0.2, 0) is 0 Å². The molecule has 2 rings (SSSR count). The molecule has 0 aliphatic carbocycles. The van der Waals surface area contributed by atoms with Crippen molar-refractivity contribution in [2.75, 3.05) is 31.4 Å². The van der Waals surface area contributed by atoms with Crippen molar-refractivity contribution in [3.63, 3.8) is 0 Å². The molecule has 0 spiro atoms. The van der Waals surface area contributed by atoms with E-state index in [1.165, 1.54) is 6.33 Å². The number of carbonyl (C=O) groups excluding carboxylic acids is 1. The predicted octanol–water partition coefficient (Wildman–Crippen LogP) is 2.57. The molecule has 0 atom stereocenters. The van der Waals surface area contributed by atoms with Crippen LogP contribution in [0, 0.1) is 0 Å². The highest BCUT2D eigenvalue weighted by molar-refractivity contribution is 6.03. The number of aromatic nitrogens is 2. The van der Waals surface area contributed by atoms with Gasteiger partial charge in [-0.05, 0) is 18.6 Å². The molecule has 0 radical (unpaired) electrons. The first-order valence-electron chi connectivity index (χ1n) is 7.27. The molecule has 1 aromatic carbocycles. The van der Waals surface area contributed by atoms with E-state index in [2.05, 4.69) is 27.5 Å². The Balaban J connectivity index is 2.12. The highest BCUT2D eigenvalue weighted by Gasteiger charge is 2.11. The highest BCUT2D eigenvalue weighted by Crippen LogP contribution is 2.29. The van der Waals surface area contributed by atoms with Gasteiger partial charge < -0.3 is 20.1 Å². The normalized spacial score (nSPS) is 10.0. The summed E-state index contributed by atoms with van der Waals surface area (Å²) >= 11 is 0. The Labute approximate surface area is 135 Å². The molecule has 0 aliphatic rings. The van der Waals surface area contributed by atoms with Crippen molar-refractivity contribution >= 4 is 17.4 Å². The van der Waals surface area contributed by atoms with Crippen LogP contribution in [0.15, 0.2) is 30.6 Å². The maximum atomic E-state index is 12.3. The molecule has 0 saturated heterocycles. The van der Waals surface area contributed by atoms with E-state index in [4.69, 9.17) is 9.47 Å². The molecule has 1 heterocycles. The lowest BCUT2D eigenvalue weighted by Gasteiger charge is -2.10. The minimum Gasteiger partial charge on any atom is -0.493 e. The van der Waals surface area contributed by atoms with Crippen LogP contribution in [0.1, 0.15) is 23.8 Å². The average Bonchev–Trinajstić information content (AvgIpc) is 2.60. The van der Waals surface area contributed by atoms with E-state index in [9.17, 15) is 4.79 Å². The fraction of sp³-hybridized carbons (Fsp3) is 0.312. The Morgan fingerprint density at radius 1 is 1.13 bits per heavy atom. The van der Waals surface area contributed by atoms with Gasteiger partial charge in [0.2, 0.25) is 0 Å². The Morgan fingerprint density at radius 3 is 2.61 bits per heavy atom. The second kappa shape index (κ2) is 7.98. The molecule has 2 N–H and O–H groups in total. The molecular formula is C16H20N4O3. The molecular weight excluding hydrogens is 296 g/mol. The van der Waals surface area contributed by atoms with Crippen molar-refractivity contribution in [1.82, 2.24) is 9.97 Å². The van der Waals surface area contributed by atoms with Crippen LogP contribution in [0.4, 0.5) is 11.5 Å². The zero-order valence-corrected chi connectivity index (χ0v) is 13.4. The lowest BCUT2D eigenvalue weighted by Crippen LogP contribution is -2.15. The number of hydrogen-bond acceptors (Lipinski definition) is 6. The number of anilines is 2. The number of ether oxygens (including phenoxy) is 2. The predicted molar refractivity (Wildman–Crippen MR) is 88.3 cm³/mol. The third-order valence-corrected chi connectivity index (χ3v) is 3.10. The van der Waals surface area contributed by atoms with Crippen LogP contribution >= 0.6 is 0 Å². The fourth-order valence-corrected chi connectivity index (χ4v) is 1.94. The quantitative estimate of drug-likeness (QED) is 0.816. The molecule has 122 valence electrons. The Bertz CT molecular complexity index is 676. The zero-order chi connectivity index (χ0) is 16.7. The lowest BCUT2D eigenvalue weighted by atomic mass is 10.2. The molecule has 0 unspecified atom stereocenters. The topological polar surface area (TPSA) is 85.4 Å². The molecule has 0 bridgehead atoms. The first-order valence-corrected chi connectivity index (χ1v) is 7.27. The summed E-state index contributed by atoms with van der Waals surface area (Å²) in [6.45, 7) is 2.84. The number of benzene rings is 1. The SMILES string of the molecule is CCCNc1cc(C(=O)Nc2ccc(OC)c(OC)c2)ncn1. The molecule has 0 fully saturated rings. The van der Waals surface area contributed by atoms with Gasteiger partial charge >= 0.3 is 0 Å². The van der Waals surface area contributed by atoms with E-state index in [1.54, 1.807) is 38.5 Å². The average molecular weight is 316 g/mol. The second-order valence-corrected chi connectivity index (χ2v) is 4.74. The first kappa shape index (κ1) is 16.5. The third-order valence-electron chi connectivity index (χ3n) is 3.10. The number of rotatable bonds is 7. The van der Waals surface area contributed by atoms with Crippen molar-refractivity contribution in [3.8, 4) is 11.5 Å². The van der Waals surface area contributed by atoms with Gasteiger partial charge in [0.25, 0.3) is 5.91 Å².